The van der Waals surface area contributed by atoms with Crippen LogP contribution in [0.4, 0.5) is 13.2 Å². The van der Waals surface area contributed by atoms with E-state index < -0.39 is 28.5 Å². The number of rotatable bonds is 7. The molecule has 3 heterocycles. The Hall–Kier alpha value is -2.73. The van der Waals surface area contributed by atoms with Crippen LogP contribution in [0, 0.1) is 6.92 Å². The maximum Gasteiger partial charge on any atom is 0.390 e. The van der Waals surface area contributed by atoms with Gasteiger partial charge in [-0.25, -0.2) is 5.01 Å². The smallest absolute Gasteiger partial charge is 0.382 e. The highest BCUT2D eigenvalue weighted by molar-refractivity contribution is 7.87. The molecule has 41 heavy (non-hydrogen) atoms. The molecule has 2 aromatic carbocycles. The average Bonchev–Trinajstić information content (AvgIpc) is 3.21. The summed E-state index contributed by atoms with van der Waals surface area (Å²) in [6.07, 6.45) is -2.34. The van der Waals surface area contributed by atoms with E-state index in [1.165, 1.54) is 12.1 Å². The summed E-state index contributed by atoms with van der Waals surface area (Å²) in [7, 11) is -4.45. The third-order valence-corrected chi connectivity index (χ3v) is 9.02. The van der Waals surface area contributed by atoms with Gasteiger partial charge in [0.2, 0.25) is 0 Å². The maximum absolute atomic E-state index is 13.9. The number of nitrogens with zero attached hydrogens (tertiary/aromatic N) is 3. The van der Waals surface area contributed by atoms with Crippen molar-refractivity contribution in [3.8, 4) is 22.7 Å². The van der Waals surface area contributed by atoms with Gasteiger partial charge in [-0.15, -0.1) is 0 Å². The van der Waals surface area contributed by atoms with Crippen LogP contribution in [-0.4, -0.2) is 60.5 Å². The molecular formula is C28H28Cl2F3N3O4S. The number of aromatic nitrogens is 1. The van der Waals surface area contributed by atoms with Crippen molar-refractivity contribution < 1.29 is 30.6 Å². The second-order valence-corrected chi connectivity index (χ2v) is 12.7. The lowest BCUT2D eigenvalue weighted by atomic mass is 10.0. The van der Waals surface area contributed by atoms with Gasteiger partial charge in [0.05, 0.1) is 34.1 Å². The van der Waals surface area contributed by atoms with Crippen molar-refractivity contribution >= 4 is 39.2 Å². The van der Waals surface area contributed by atoms with Crippen molar-refractivity contribution in [1.82, 2.24) is 14.6 Å². The zero-order chi connectivity index (χ0) is 29.5. The molecule has 0 unspecified atom stereocenters. The largest absolute Gasteiger partial charge is 0.390 e. The van der Waals surface area contributed by atoms with Crippen LogP contribution >= 0.6 is 23.2 Å². The SMILES string of the molecule is Cc1c2c(n(-c3ccc(Cl)cc3Cl)c1-c1ccc(OS(=O)(=O)CCC(F)(F)F)cc1)CCN(N1CCCCC1)C2=O. The van der Waals surface area contributed by atoms with Crippen LogP contribution in [0.1, 0.15) is 47.3 Å². The van der Waals surface area contributed by atoms with E-state index in [0.717, 1.165) is 43.6 Å². The quantitative estimate of drug-likeness (QED) is 0.268. The summed E-state index contributed by atoms with van der Waals surface area (Å²) in [5.74, 6) is -1.39. The van der Waals surface area contributed by atoms with E-state index in [0.29, 0.717) is 45.5 Å². The molecular weight excluding hydrogens is 602 g/mol. The van der Waals surface area contributed by atoms with E-state index in [1.807, 2.05) is 16.5 Å². The number of alkyl halides is 3. The van der Waals surface area contributed by atoms with Crippen LogP contribution in [0.2, 0.25) is 10.0 Å². The molecule has 0 spiro atoms. The van der Waals surface area contributed by atoms with Gasteiger partial charge in [-0.05, 0) is 73.4 Å². The van der Waals surface area contributed by atoms with Gasteiger partial charge in [0, 0.05) is 36.8 Å². The highest BCUT2D eigenvalue weighted by Gasteiger charge is 2.36. The first-order valence-electron chi connectivity index (χ1n) is 13.2. The van der Waals surface area contributed by atoms with Crippen molar-refractivity contribution in [2.45, 2.75) is 45.2 Å². The summed E-state index contributed by atoms with van der Waals surface area (Å²) in [5.41, 5.74) is 4.06. The Morgan fingerprint density at radius 3 is 2.29 bits per heavy atom. The molecule has 2 aliphatic rings. The van der Waals surface area contributed by atoms with Crippen LogP contribution in [0.3, 0.4) is 0 Å². The summed E-state index contributed by atoms with van der Waals surface area (Å²) >= 11 is 12.8. The second kappa shape index (κ2) is 11.5. The molecule has 5 rings (SSSR count). The highest BCUT2D eigenvalue weighted by atomic mass is 35.5. The topological polar surface area (TPSA) is 71.8 Å². The van der Waals surface area contributed by atoms with Crippen LogP contribution < -0.4 is 4.18 Å². The lowest BCUT2D eigenvalue weighted by Gasteiger charge is -2.39. The third kappa shape index (κ3) is 6.38. The van der Waals surface area contributed by atoms with E-state index in [4.69, 9.17) is 27.4 Å². The molecule has 220 valence electrons. The summed E-state index contributed by atoms with van der Waals surface area (Å²) in [6, 6.07) is 11.1. The van der Waals surface area contributed by atoms with Gasteiger partial charge in [-0.1, -0.05) is 29.6 Å². The first-order valence-corrected chi connectivity index (χ1v) is 15.5. The highest BCUT2D eigenvalue weighted by Crippen LogP contribution is 2.40. The fourth-order valence-corrected chi connectivity index (χ4v) is 6.93. The lowest BCUT2D eigenvalue weighted by molar-refractivity contribution is -0.130. The molecule has 0 radical (unpaired) electrons. The number of benzene rings is 2. The maximum atomic E-state index is 13.9. The first-order chi connectivity index (χ1) is 19.3. The number of piperidine rings is 1. The molecule has 1 saturated heterocycles. The van der Waals surface area contributed by atoms with Crippen molar-refractivity contribution in [1.29, 1.82) is 0 Å². The third-order valence-electron chi connectivity index (χ3n) is 7.33. The van der Waals surface area contributed by atoms with Gasteiger partial charge >= 0.3 is 16.3 Å². The Balaban J connectivity index is 1.55. The number of carbonyl (C=O) groups excluding carboxylic acids is 1. The Bertz CT molecular complexity index is 1570. The molecule has 3 aromatic rings. The summed E-state index contributed by atoms with van der Waals surface area (Å²) in [5, 5.41) is 4.79. The number of carbonyl (C=O) groups is 1. The zero-order valence-electron chi connectivity index (χ0n) is 22.2. The Labute approximate surface area is 246 Å². The van der Waals surface area contributed by atoms with Crippen molar-refractivity contribution in [2.75, 3.05) is 25.4 Å². The molecule has 1 aromatic heterocycles. The predicted octanol–water partition coefficient (Wildman–Crippen LogP) is 6.82. The summed E-state index contributed by atoms with van der Waals surface area (Å²) in [4.78, 5) is 13.9. The zero-order valence-corrected chi connectivity index (χ0v) is 24.5. The number of halogens is 5. The molecule has 0 aliphatic carbocycles. The van der Waals surface area contributed by atoms with E-state index >= 15 is 0 Å². The number of hydrogen-bond acceptors (Lipinski definition) is 5. The number of amides is 1. The predicted molar refractivity (Wildman–Crippen MR) is 151 cm³/mol. The fourth-order valence-electron chi connectivity index (χ4n) is 5.47. The van der Waals surface area contributed by atoms with E-state index in [9.17, 15) is 26.4 Å². The van der Waals surface area contributed by atoms with E-state index in [-0.39, 0.29) is 11.7 Å². The van der Waals surface area contributed by atoms with E-state index in [1.54, 1.807) is 30.3 Å². The fraction of sp³-hybridized carbons (Fsp3) is 0.393. The molecule has 0 N–H and O–H groups in total. The average molecular weight is 631 g/mol. The Kier molecular flexibility index (Phi) is 8.35. The first kappa shape index (κ1) is 29.8. The van der Waals surface area contributed by atoms with Gasteiger partial charge in [0.15, 0.2) is 0 Å². The Morgan fingerprint density at radius 2 is 1.66 bits per heavy atom. The minimum absolute atomic E-state index is 0.0913. The lowest BCUT2D eigenvalue weighted by Crippen LogP contribution is -2.51. The normalized spacial score (nSPS) is 16.6. The van der Waals surface area contributed by atoms with Crippen LogP contribution in [0.25, 0.3) is 16.9 Å². The molecule has 0 bridgehead atoms. The monoisotopic (exact) mass is 629 g/mol. The van der Waals surface area contributed by atoms with Crippen molar-refractivity contribution in [2.24, 2.45) is 0 Å². The van der Waals surface area contributed by atoms with E-state index in [2.05, 4.69) is 5.01 Å². The van der Waals surface area contributed by atoms with Crippen LogP contribution in [0.5, 0.6) is 5.75 Å². The van der Waals surface area contributed by atoms with Crippen molar-refractivity contribution in [3.05, 3.63) is 69.3 Å². The molecule has 2 aliphatic heterocycles. The standard InChI is InChI=1S/C28H28Cl2F3N3O4S/c1-18-25-24(11-15-35(27(25)37)34-13-3-2-4-14-34)36(23-10-7-20(29)17-22(23)30)26(18)19-5-8-21(9-6-19)40-41(38,39)16-12-28(31,32)33/h5-10,17H,2-4,11-16H2,1H3. The van der Waals surface area contributed by atoms with Gasteiger partial charge in [0.25, 0.3) is 5.91 Å². The van der Waals surface area contributed by atoms with Gasteiger partial charge in [-0.3, -0.25) is 9.80 Å². The van der Waals surface area contributed by atoms with Crippen LogP contribution in [-0.2, 0) is 16.5 Å². The van der Waals surface area contributed by atoms with Gasteiger partial charge in [-0.2, -0.15) is 21.6 Å². The van der Waals surface area contributed by atoms with Gasteiger partial charge in [0.1, 0.15) is 5.75 Å². The molecule has 0 atom stereocenters. The van der Waals surface area contributed by atoms with Gasteiger partial charge < -0.3 is 8.75 Å². The summed E-state index contributed by atoms with van der Waals surface area (Å²) in [6.45, 7) is 4.02. The van der Waals surface area contributed by atoms with Crippen molar-refractivity contribution in [3.63, 3.8) is 0 Å². The number of hydrazine groups is 1. The molecule has 1 amide bonds. The number of hydrogen-bond donors (Lipinski definition) is 0. The molecule has 1 fully saturated rings. The summed E-state index contributed by atoms with van der Waals surface area (Å²) < 4.78 is 68.6. The molecule has 0 saturated carbocycles. The minimum atomic E-state index is -4.62. The second-order valence-electron chi connectivity index (χ2n) is 10.2. The Morgan fingerprint density at radius 1 is 0.976 bits per heavy atom. The minimum Gasteiger partial charge on any atom is -0.382 e. The number of fused-ring (bicyclic) bond motifs is 1. The van der Waals surface area contributed by atoms with Crippen LogP contribution in [0.15, 0.2) is 42.5 Å². The molecule has 13 heteroatoms. The molecule has 7 nitrogen and oxygen atoms in total.